The minimum absolute atomic E-state index is 0.0904. The fraction of sp³-hybridized carbons (Fsp3) is 0.435. The number of nitrogens with zero attached hydrogens (tertiary/aromatic N) is 4. The topological polar surface area (TPSA) is 63.1 Å². The second kappa shape index (κ2) is 8.33. The number of benzene rings is 1. The normalized spacial score (nSPS) is 15.2. The number of fused-ring (bicyclic) bond motifs is 1. The molecule has 1 amide bonds. The van der Waals surface area contributed by atoms with Crippen molar-refractivity contribution in [2.75, 3.05) is 26.2 Å². The average Bonchev–Trinajstić information content (AvgIpc) is 3.05. The van der Waals surface area contributed by atoms with Gasteiger partial charge in [-0.2, -0.15) is 5.10 Å². The number of hydrogen-bond acceptors (Lipinski definition) is 4. The lowest BCUT2D eigenvalue weighted by Crippen LogP contribution is -2.40. The molecule has 0 radical (unpaired) electrons. The van der Waals surface area contributed by atoms with E-state index in [1.165, 1.54) is 0 Å². The standard InChI is InChI=1S/C23H29N5O/c1-4-24-15-17-10-12-28(13-11-17)23(29)19-14-20(18-8-6-5-7-9-18)25-22-21(19)16(2)26-27(22)3/h5-9,14,17,24H,4,10-13,15H2,1-3H3. The van der Waals surface area contributed by atoms with Crippen LogP contribution in [0.3, 0.4) is 0 Å². The van der Waals surface area contributed by atoms with Gasteiger partial charge >= 0.3 is 0 Å². The maximum Gasteiger partial charge on any atom is 0.254 e. The second-order valence-electron chi connectivity index (χ2n) is 7.87. The molecule has 3 aromatic rings. The smallest absolute Gasteiger partial charge is 0.254 e. The summed E-state index contributed by atoms with van der Waals surface area (Å²) < 4.78 is 1.77. The zero-order chi connectivity index (χ0) is 20.4. The van der Waals surface area contributed by atoms with Gasteiger partial charge < -0.3 is 10.2 Å². The van der Waals surface area contributed by atoms with E-state index >= 15 is 0 Å². The van der Waals surface area contributed by atoms with Crippen molar-refractivity contribution in [1.29, 1.82) is 0 Å². The zero-order valence-corrected chi connectivity index (χ0v) is 17.5. The highest BCUT2D eigenvalue weighted by Gasteiger charge is 2.27. The number of carbonyl (C=O) groups excluding carboxylic acids is 1. The molecule has 1 saturated heterocycles. The number of piperidine rings is 1. The highest BCUT2D eigenvalue weighted by atomic mass is 16.2. The Kier molecular flexibility index (Phi) is 5.62. The highest BCUT2D eigenvalue weighted by molar-refractivity contribution is 6.07. The number of rotatable bonds is 5. The van der Waals surface area contributed by atoms with E-state index in [9.17, 15) is 4.79 Å². The first-order valence-electron chi connectivity index (χ1n) is 10.5. The van der Waals surface area contributed by atoms with Crippen molar-refractivity contribution in [3.63, 3.8) is 0 Å². The Morgan fingerprint density at radius 2 is 1.93 bits per heavy atom. The van der Waals surface area contributed by atoms with Gasteiger partial charge in [-0.3, -0.25) is 9.48 Å². The van der Waals surface area contributed by atoms with E-state index in [2.05, 4.69) is 17.3 Å². The largest absolute Gasteiger partial charge is 0.339 e. The van der Waals surface area contributed by atoms with Crippen LogP contribution in [0, 0.1) is 12.8 Å². The number of likely N-dealkylation sites (tertiary alicyclic amines) is 1. The SMILES string of the molecule is CCNCC1CCN(C(=O)c2cc(-c3ccccc3)nc3c2c(C)nn3C)CC1. The van der Waals surface area contributed by atoms with Crippen molar-refractivity contribution in [2.45, 2.75) is 26.7 Å². The molecule has 1 aromatic carbocycles. The van der Waals surface area contributed by atoms with Crippen molar-refractivity contribution in [3.8, 4) is 11.3 Å². The summed E-state index contributed by atoms with van der Waals surface area (Å²) in [6.07, 6.45) is 2.09. The molecular weight excluding hydrogens is 362 g/mol. The number of carbonyl (C=O) groups is 1. The minimum Gasteiger partial charge on any atom is -0.339 e. The van der Waals surface area contributed by atoms with Gasteiger partial charge in [0.25, 0.3) is 5.91 Å². The van der Waals surface area contributed by atoms with Crippen molar-refractivity contribution >= 4 is 16.9 Å². The summed E-state index contributed by atoms with van der Waals surface area (Å²) in [5, 5.41) is 8.83. The number of hydrogen-bond donors (Lipinski definition) is 1. The van der Waals surface area contributed by atoms with Crippen LogP contribution in [-0.2, 0) is 7.05 Å². The van der Waals surface area contributed by atoms with Crippen LogP contribution in [0.4, 0.5) is 0 Å². The first-order valence-corrected chi connectivity index (χ1v) is 10.5. The lowest BCUT2D eigenvalue weighted by atomic mass is 9.95. The predicted octanol–water partition coefficient (Wildman–Crippen LogP) is 3.41. The van der Waals surface area contributed by atoms with Gasteiger partial charge in [-0.05, 0) is 44.8 Å². The van der Waals surface area contributed by atoms with Crippen molar-refractivity contribution in [1.82, 2.24) is 25.0 Å². The number of nitrogens with one attached hydrogen (secondary N) is 1. The van der Waals surface area contributed by atoms with Crippen LogP contribution in [0.5, 0.6) is 0 Å². The molecule has 3 heterocycles. The van der Waals surface area contributed by atoms with Crippen molar-refractivity contribution < 1.29 is 4.79 Å². The summed E-state index contributed by atoms with van der Waals surface area (Å²) in [6, 6.07) is 12.0. The summed E-state index contributed by atoms with van der Waals surface area (Å²) >= 11 is 0. The molecule has 0 bridgehead atoms. The fourth-order valence-corrected chi connectivity index (χ4v) is 4.23. The number of pyridine rings is 1. The van der Waals surface area contributed by atoms with Crippen LogP contribution in [0.25, 0.3) is 22.3 Å². The van der Waals surface area contributed by atoms with Gasteiger partial charge in [0.1, 0.15) is 0 Å². The molecule has 0 unspecified atom stereocenters. The second-order valence-corrected chi connectivity index (χ2v) is 7.87. The third kappa shape index (κ3) is 3.90. The molecule has 0 spiro atoms. The van der Waals surface area contributed by atoms with Crippen molar-refractivity contribution in [3.05, 3.63) is 47.7 Å². The molecule has 152 valence electrons. The van der Waals surface area contributed by atoms with E-state index in [1.807, 2.05) is 55.3 Å². The zero-order valence-electron chi connectivity index (χ0n) is 17.5. The van der Waals surface area contributed by atoms with Crippen LogP contribution in [0.2, 0.25) is 0 Å². The summed E-state index contributed by atoms with van der Waals surface area (Å²) in [4.78, 5) is 20.3. The Morgan fingerprint density at radius 3 is 2.62 bits per heavy atom. The Hall–Kier alpha value is -2.73. The van der Waals surface area contributed by atoms with E-state index in [0.29, 0.717) is 11.5 Å². The van der Waals surface area contributed by atoms with E-state index in [0.717, 1.165) is 67.0 Å². The highest BCUT2D eigenvalue weighted by Crippen LogP contribution is 2.29. The molecule has 1 aliphatic heterocycles. The fourth-order valence-electron chi connectivity index (χ4n) is 4.23. The van der Waals surface area contributed by atoms with Gasteiger partial charge in [-0.15, -0.1) is 0 Å². The molecule has 0 aliphatic carbocycles. The number of aromatic nitrogens is 3. The van der Waals surface area contributed by atoms with Crippen LogP contribution < -0.4 is 5.32 Å². The monoisotopic (exact) mass is 391 g/mol. The first kappa shape index (κ1) is 19.6. The summed E-state index contributed by atoms with van der Waals surface area (Å²) in [6.45, 7) is 7.73. The van der Waals surface area contributed by atoms with Crippen molar-refractivity contribution in [2.24, 2.45) is 13.0 Å². The summed E-state index contributed by atoms with van der Waals surface area (Å²) in [5.74, 6) is 0.740. The Bertz CT molecular complexity index is 1000. The van der Waals surface area contributed by atoms with Gasteiger partial charge in [0.15, 0.2) is 5.65 Å². The van der Waals surface area contributed by atoms with E-state index in [4.69, 9.17) is 4.98 Å². The van der Waals surface area contributed by atoms with Gasteiger partial charge in [0.05, 0.1) is 22.3 Å². The molecule has 29 heavy (non-hydrogen) atoms. The molecule has 0 atom stereocenters. The molecule has 2 aromatic heterocycles. The molecular formula is C23H29N5O. The molecule has 6 heteroatoms. The number of amides is 1. The maximum absolute atomic E-state index is 13.5. The van der Waals surface area contributed by atoms with E-state index in [1.54, 1.807) is 4.68 Å². The van der Waals surface area contributed by atoms with Crippen LogP contribution in [-0.4, -0.2) is 51.8 Å². The molecule has 1 fully saturated rings. The first-order chi connectivity index (χ1) is 14.1. The molecule has 6 nitrogen and oxygen atoms in total. The van der Waals surface area contributed by atoms with Crippen LogP contribution >= 0.6 is 0 Å². The lowest BCUT2D eigenvalue weighted by Gasteiger charge is -2.32. The van der Waals surface area contributed by atoms with Crippen LogP contribution in [0.15, 0.2) is 36.4 Å². The lowest BCUT2D eigenvalue weighted by molar-refractivity contribution is 0.0692. The molecule has 0 saturated carbocycles. The minimum atomic E-state index is 0.0904. The predicted molar refractivity (Wildman–Crippen MR) is 116 cm³/mol. The Morgan fingerprint density at radius 1 is 1.21 bits per heavy atom. The van der Waals surface area contributed by atoms with Gasteiger partial charge in [0.2, 0.25) is 0 Å². The van der Waals surface area contributed by atoms with E-state index in [-0.39, 0.29) is 5.91 Å². The van der Waals surface area contributed by atoms with Gasteiger partial charge in [-0.1, -0.05) is 37.3 Å². The Labute approximate surface area is 171 Å². The Balaban J connectivity index is 1.68. The molecule has 4 rings (SSSR count). The third-order valence-electron chi connectivity index (χ3n) is 5.85. The summed E-state index contributed by atoms with van der Waals surface area (Å²) in [7, 11) is 1.89. The summed E-state index contributed by atoms with van der Waals surface area (Å²) in [5.41, 5.74) is 4.14. The number of aryl methyl sites for hydroxylation is 2. The van der Waals surface area contributed by atoms with Gasteiger partial charge in [0, 0.05) is 25.7 Å². The average molecular weight is 392 g/mol. The van der Waals surface area contributed by atoms with Crippen LogP contribution in [0.1, 0.15) is 35.8 Å². The molecule has 1 N–H and O–H groups in total. The quantitative estimate of drug-likeness (QED) is 0.724. The van der Waals surface area contributed by atoms with Gasteiger partial charge in [-0.25, -0.2) is 4.98 Å². The van der Waals surface area contributed by atoms with E-state index < -0.39 is 0 Å². The third-order valence-corrected chi connectivity index (χ3v) is 5.85. The maximum atomic E-state index is 13.5. The molecule has 1 aliphatic rings.